The summed E-state index contributed by atoms with van der Waals surface area (Å²) in [6, 6.07) is 2.85. The molecule has 0 aromatic heterocycles. The van der Waals surface area contributed by atoms with Crippen LogP contribution in [0.5, 0.6) is 11.5 Å². The third-order valence-electron chi connectivity index (χ3n) is 6.92. The van der Waals surface area contributed by atoms with Crippen LogP contribution < -0.4 is 15.2 Å². The van der Waals surface area contributed by atoms with Crippen molar-refractivity contribution in [2.75, 3.05) is 6.61 Å². The van der Waals surface area contributed by atoms with E-state index in [1.165, 1.54) is 18.2 Å². The number of nitrogens with two attached hydrogens (primary N) is 1. The minimum Gasteiger partial charge on any atom is -0.480 e. The van der Waals surface area contributed by atoms with Gasteiger partial charge in [0.2, 0.25) is 0 Å². The molecule has 0 fully saturated rings. The summed E-state index contributed by atoms with van der Waals surface area (Å²) in [5, 5.41) is 9.75. The van der Waals surface area contributed by atoms with Gasteiger partial charge >= 0.3 is 24.2 Å². The highest BCUT2D eigenvalue weighted by atomic mass is 16.7. The normalized spacial score (nSPS) is 15.0. The smallest absolute Gasteiger partial charge is 0.480 e. The van der Waals surface area contributed by atoms with Crippen molar-refractivity contribution >= 4 is 24.2 Å². The average Bonchev–Trinajstić information content (AvgIpc) is 2.88. The van der Waals surface area contributed by atoms with Crippen molar-refractivity contribution in [1.29, 1.82) is 0 Å². The molecule has 5 atom stereocenters. The zero-order chi connectivity index (χ0) is 31.3. The van der Waals surface area contributed by atoms with Crippen LogP contribution in [0.15, 0.2) is 18.2 Å². The summed E-state index contributed by atoms with van der Waals surface area (Å²) in [4.78, 5) is 49.5. The molecule has 0 aliphatic rings. The number of hydrogen-bond donors (Lipinski definition) is 2. The Morgan fingerprint density at radius 1 is 0.878 bits per heavy atom. The number of rotatable bonds is 16. The first kappa shape index (κ1) is 35.7. The first-order chi connectivity index (χ1) is 19.2. The van der Waals surface area contributed by atoms with E-state index in [9.17, 15) is 24.3 Å². The van der Waals surface area contributed by atoms with E-state index in [-0.39, 0.29) is 18.1 Å². The Balaban J connectivity index is 3.40. The second kappa shape index (κ2) is 16.8. The summed E-state index contributed by atoms with van der Waals surface area (Å²) in [5.41, 5.74) is 5.74. The molecule has 0 aliphatic heterocycles. The Labute approximate surface area is 243 Å². The predicted octanol–water partition coefficient (Wildman–Crippen LogP) is 6.21. The van der Waals surface area contributed by atoms with E-state index in [0.717, 1.165) is 12.8 Å². The van der Waals surface area contributed by atoms with Gasteiger partial charge in [0.1, 0.15) is 18.2 Å². The molecule has 0 heterocycles. The summed E-state index contributed by atoms with van der Waals surface area (Å²) in [5.74, 6) is -3.42. The van der Waals surface area contributed by atoms with Gasteiger partial charge in [-0.1, -0.05) is 46.6 Å². The van der Waals surface area contributed by atoms with Gasteiger partial charge in [0.25, 0.3) is 0 Å². The third kappa shape index (κ3) is 11.6. The predicted molar refractivity (Wildman–Crippen MR) is 152 cm³/mol. The van der Waals surface area contributed by atoms with Crippen LogP contribution in [-0.2, 0) is 23.8 Å². The van der Waals surface area contributed by atoms with Gasteiger partial charge in [-0.25, -0.2) is 9.59 Å². The Morgan fingerprint density at radius 3 is 1.85 bits per heavy atom. The lowest BCUT2D eigenvalue weighted by Crippen LogP contribution is -2.41. The van der Waals surface area contributed by atoms with Gasteiger partial charge in [-0.05, 0) is 70.6 Å². The van der Waals surface area contributed by atoms with Crippen LogP contribution in [0.25, 0.3) is 0 Å². The fourth-order valence-electron chi connectivity index (χ4n) is 4.08. The molecule has 4 unspecified atom stereocenters. The maximum atomic E-state index is 12.6. The zero-order valence-corrected chi connectivity index (χ0v) is 25.6. The van der Waals surface area contributed by atoms with Gasteiger partial charge in [0.15, 0.2) is 11.5 Å². The molecule has 0 radical (unpaired) electrons. The molecule has 1 rings (SSSR count). The molecule has 0 bridgehead atoms. The minimum absolute atomic E-state index is 0.0967. The lowest BCUT2D eigenvalue weighted by molar-refractivity contribution is -0.155. The standard InChI is InChI=1S/C30H47NO10/c1-9-12-19(5)38-28(35)40-22-15-14-21(16-23(22)41-29(36)39-20(6)13-10-2)24(25(31)26(32)33)18(4)17-37-27(34)30(7,8)11-3/h14-16,18-20,24-25H,9-13,17,31H2,1-8H3,(H,32,33)/t18?,19?,20?,24?,25-/m0/s1. The molecular formula is C30H47NO10. The van der Waals surface area contributed by atoms with E-state index in [1.54, 1.807) is 34.6 Å². The lowest BCUT2D eigenvalue weighted by atomic mass is 9.81. The van der Waals surface area contributed by atoms with Crippen molar-refractivity contribution in [1.82, 2.24) is 0 Å². The van der Waals surface area contributed by atoms with Crippen molar-refractivity contribution in [2.45, 2.75) is 112 Å². The molecule has 1 aromatic rings. The number of esters is 1. The average molecular weight is 582 g/mol. The molecule has 1 aromatic carbocycles. The quantitative estimate of drug-likeness (QED) is 0.130. The number of carboxylic acids is 1. The number of benzene rings is 1. The molecule has 0 spiro atoms. The molecule has 232 valence electrons. The van der Waals surface area contributed by atoms with Crippen LogP contribution in [0.4, 0.5) is 9.59 Å². The molecule has 0 amide bonds. The summed E-state index contributed by atoms with van der Waals surface area (Å²) < 4.78 is 26.8. The first-order valence-corrected chi connectivity index (χ1v) is 14.2. The lowest BCUT2D eigenvalue weighted by Gasteiger charge is -2.29. The molecular weight excluding hydrogens is 534 g/mol. The molecule has 0 saturated heterocycles. The van der Waals surface area contributed by atoms with Gasteiger partial charge in [0.05, 0.1) is 12.0 Å². The number of carbonyl (C=O) groups excluding carboxylic acids is 3. The third-order valence-corrected chi connectivity index (χ3v) is 6.92. The molecule has 11 nitrogen and oxygen atoms in total. The monoisotopic (exact) mass is 581 g/mol. The number of aliphatic carboxylic acids is 1. The van der Waals surface area contributed by atoms with Gasteiger partial charge < -0.3 is 34.5 Å². The van der Waals surface area contributed by atoms with Crippen LogP contribution in [0, 0.1) is 11.3 Å². The number of carbonyl (C=O) groups is 4. The van der Waals surface area contributed by atoms with Gasteiger partial charge in [-0.3, -0.25) is 9.59 Å². The SMILES string of the molecule is CCCC(C)OC(=O)Oc1ccc(C(C(C)COC(=O)C(C)(C)CC)[C@H](N)C(=O)O)cc1OC(=O)OC(C)CCC. The highest BCUT2D eigenvalue weighted by molar-refractivity contribution is 5.76. The van der Waals surface area contributed by atoms with Crippen LogP contribution in [0.2, 0.25) is 0 Å². The van der Waals surface area contributed by atoms with Crippen molar-refractivity contribution in [3.63, 3.8) is 0 Å². The van der Waals surface area contributed by atoms with E-state index in [1.807, 2.05) is 20.8 Å². The largest absolute Gasteiger partial charge is 0.514 e. The fraction of sp³-hybridized carbons (Fsp3) is 0.667. The van der Waals surface area contributed by atoms with Crippen molar-refractivity contribution in [3.05, 3.63) is 23.8 Å². The van der Waals surface area contributed by atoms with E-state index in [0.29, 0.717) is 24.8 Å². The fourth-order valence-corrected chi connectivity index (χ4v) is 4.08. The van der Waals surface area contributed by atoms with E-state index >= 15 is 0 Å². The van der Waals surface area contributed by atoms with Crippen LogP contribution >= 0.6 is 0 Å². The Kier molecular flexibility index (Phi) is 14.6. The first-order valence-electron chi connectivity index (χ1n) is 14.2. The summed E-state index contributed by atoms with van der Waals surface area (Å²) in [6.45, 7) is 14.3. The van der Waals surface area contributed by atoms with Crippen molar-refractivity contribution < 1.29 is 48.0 Å². The van der Waals surface area contributed by atoms with Crippen LogP contribution in [-0.4, -0.2) is 54.2 Å². The second-order valence-corrected chi connectivity index (χ2v) is 11.0. The Bertz CT molecular complexity index is 1020. The number of carboxylic acid groups (broad SMARTS) is 1. The topological polar surface area (TPSA) is 161 Å². The summed E-state index contributed by atoms with van der Waals surface area (Å²) in [7, 11) is 0. The molecule has 3 N–H and O–H groups in total. The second-order valence-electron chi connectivity index (χ2n) is 11.0. The number of ether oxygens (including phenoxy) is 5. The maximum absolute atomic E-state index is 12.6. The van der Waals surface area contributed by atoms with Crippen LogP contribution in [0.3, 0.4) is 0 Å². The molecule has 0 aliphatic carbocycles. The van der Waals surface area contributed by atoms with E-state index in [2.05, 4.69) is 0 Å². The Morgan fingerprint density at radius 2 is 1.39 bits per heavy atom. The highest BCUT2D eigenvalue weighted by Crippen LogP contribution is 2.36. The minimum atomic E-state index is -1.39. The number of hydrogen-bond acceptors (Lipinski definition) is 10. The van der Waals surface area contributed by atoms with E-state index in [4.69, 9.17) is 29.4 Å². The van der Waals surface area contributed by atoms with Gasteiger partial charge in [-0.2, -0.15) is 0 Å². The molecule has 11 heteroatoms. The van der Waals surface area contributed by atoms with Gasteiger partial charge in [0, 0.05) is 5.92 Å². The summed E-state index contributed by atoms with van der Waals surface area (Å²) in [6.07, 6.45) is 0.558. The van der Waals surface area contributed by atoms with Crippen molar-refractivity contribution in [3.8, 4) is 11.5 Å². The Hall–Kier alpha value is -3.34. The van der Waals surface area contributed by atoms with Crippen molar-refractivity contribution in [2.24, 2.45) is 17.1 Å². The maximum Gasteiger partial charge on any atom is 0.514 e. The zero-order valence-electron chi connectivity index (χ0n) is 25.6. The molecule has 0 saturated carbocycles. The molecule has 41 heavy (non-hydrogen) atoms. The van der Waals surface area contributed by atoms with Crippen LogP contribution in [0.1, 0.15) is 99.0 Å². The van der Waals surface area contributed by atoms with Gasteiger partial charge in [-0.15, -0.1) is 0 Å². The highest BCUT2D eigenvalue weighted by Gasteiger charge is 2.34. The summed E-state index contributed by atoms with van der Waals surface area (Å²) >= 11 is 0. The van der Waals surface area contributed by atoms with E-state index < -0.39 is 59.7 Å².